The van der Waals surface area contributed by atoms with Crippen molar-refractivity contribution in [3.63, 3.8) is 0 Å². The summed E-state index contributed by atoms with van der Waals surface area (Å²) in [6.45, 7) is 2.34. The number of rotatable bonds is 9. The molecule has 2 rings (SSSR count). The molecule has 0 aliphatic carbocycles. The number of carbonyl (C=O) groups excluding carboxylic acids is 2. The van der Waals surface area contributed by atoms with Gasteiger partial charge in [-0.2, -0.15) is 0 Å². The number of hydrogen-bond donors (Lipinski definition) is 1. The van der Waals surface area contributed by atoms with E-state index in [4.69, 9.17) is 9.47 Å². The van der Waals surface area contributed by atoms with Crippen molar-refractivity contribution in [2.24, 2.45) is 0 Å². The normalized spacial score (nSPS) is 10.2. The van der Waals surface area contributed by atoms with Gasteiger partial charge >= 0.3 is 0 Å². The summed E-state index contributed by atoms with van der Waals surface area (Å²) in [7, 11) is 3.18. The lowest BCUT2D eigenvalue weighted by atomic mass is 10.1. The Kier molecular flexibility index (Phi) is 7.67. The molecule has 0 aliphatic heterocycles. The first-order chi connectivity index (χ1) is 13.1. The fourth-order valence-electron chi connectivity index (χ4n) is 2.76. The lowest BCUT2D eigenvalue weighted by Crippen LogP contribution is -2.38. The minimum atomic E-state index is -0.240. The first-order valence-electron chi connectivity index (χ1n) is 8.91. The van der Waals surface area contributed by atoms with Crippen LogP contribution in [0.25, 0.3) is 0 Å². The van der Waals surface area contributed by atoms with E-state index in [2.05, 4.69) is 5.32 Å². The number of amides is 2. The highest BCUT2D eigenvalue weighted by atomic mass is 16.5. The van der Waals surface area contributed by atoms with Crippen LogP contribution in [0.4, 0.5) is 5.69 Å². The van der Waals surface area contributed by atoms with Crippen molar-refractivity contribution in [3.05, 3.63) is 54.1 Å². The summed E-state index contributed by atoms with van der Waals surface area (Å²) in [6.07, 6.45) is 0.886. The van der Waals surface area contributed by atoms with Crippen LogP contribution in [0.3, 0.4) is 0 Å². The third-order valence-corrected chi connectivity index (χ3v) is 4.22. The van der Waals surface area contributed by atoms with Crippen LogP contribution in [0.2, 0.25) is 0 Å². The number of hydrogen-bond acceptors (Lipinski definition) is 4. The van der Waals surface area contributed by atoms with Crippen LogP contribution < -0.4 is 14.8 Å². The number of likely N-dealkylation sites (N-methyl/N-ethyl adjacent to an activating group) is 1. The SMILES string of the molecule is CCN(CC(=O)Nc1cccc(OC)c1)C(=O)CCc1ccccc1OC. The maximum atomic E-state index is 12.5. The van der Waals surface area contributed by atoms with Crippen molar-refractivity contribution in [2.45, 2.75) is 19.8 Å². The van der Waals surface area contributed by atoms with Crippen LogP contribution in [0, 0.1) is 0 Å². The Morgan fingerprint density at radius 2 is 1.81 bits per heavy atom. The molecule has 144 valence electrons. The van der Waals surface area contributed by atoms with Crippen molar-refractivity contribution in [3.8, 4) is 11.5 Å². The first-order valence-corrected chi connectivity index (χ1v) is 8.91. The van der Waals surface area contributed by atoms with Gasteiger partial charge in [0.25, 0.3) is 0 Å². The summed E-state index contributed by atoms with van der Waals surface area (Å²) in [5.74, 6) is 1.12. The maximum Gasteiger partial charge on any atom is 0.243 e. The molecule has 0 aliphatic rings. The monoisotopic (exact) mass is 370 g/mol. The van der Waals surface area contributed by atoms with E-state index in [0.717, 1.165) is 11.3 Å². The van der Waals surface area contributed by atoms with Crippen LogP contribution in [-0.4, -0.2) is 44.0 Å². The molecule has 0 fully saturated rings. The number of nitrogens with one attached hydrogen (secondary N) is 1. The summed E-state index contributed by atoms with van der Waals surface area (Å²) in [5.41, 5.74) is 1.61. The van der Waals surface area contributed by atoms with Crippen molar-refractivity contribution in [1.82, 2.24) is 4.90 Å². The number of para-hydroxylation sites is 1. The van der Waals surface area contributed by atoms with E-state index in [9.17, 15) is 9.59 Å². The quantitative estimate of drug-likeness (QED) is 0.736. The summed E-state index contributed by atoms with van der Waals surface area (Å²) >= 11 is 0. The molecule has 0 saturated heterocycles. The number of ether oxygens (including phenoxy) is 2. The zero-order chi connectivity index (χ0) is 19.6. The van der Waals surface area contributed by atoms with Gasteiger partial charge in [0.2, 0.25) is 11.8 Å². The molecule has 2 aromatic carbocycles. The molecule has 0 bridgehead atoms. The predicted octanol–water partition coefficient (Wildman–Crippen LogP) is 3.12. The lowest BCUT2D eigenvalue weighted by molar-refractivity contribution is -0.134. The van der Waals surface area contributed by atoms with Gasteiger partial charge in [0.05, 0.1) is 20.8 Å². The molecule has 0 heterocycles. The van der Waals surface area contributed by atoms with E-state index in [1.807, 2.05) is 31.2 Å². The van der Waals surface area contributed by atoms with E-state index in [1.165, 1.54) is 0 Å². The fourth-order valence-corrected chi connectivity index (χ4v) is 2.76. The Hall–Kier alpha value is -3.02. The summed E-state index contributed by atoms with van der Waals surface area (Å²) in [4.78, 5) is 26.4. The van der Waals surface area contributed by atoms with Crippen molar-refractivity contribution < 1.29 is 19.1 Å². The Morgan fingerprint density at radius 3 is 2.52 bits per heavy atom. The summed E-state index contributed by atoms with van der Waals surface area (Å²) < 4.78 is 10.5. The van der Waals surface area contributed by atoms with Gasteiger partial charge in [0.1, 0.15) is 11.5 Å². The number of nitrogens with zero attached hydrogens (tertiary/aromatic N) is 1. The first kappa shape index (κ1) is 20.3. The second-order valence-corrected chi connectivity index (χ2v) is 6.00. The van der Waals surface area contributed by atoms with Crippen LogP contribution in [-0.2, 0) is 16.0 Å². The van der Waals surface area contributed by atoms with Gasteiger partial charge in [-0.3, -0.25) is 9.59 Å². The molecule has 0 unspecified atom stereocenters. The van der Waals surface area contributed by atoms with Gasteiger partial charge in [0, 0.05) is 24.7 Å². The average Bonchev–Trinajstić information content (AvgIpc) is 2.70. The molecule has 0 spiro atoms. The van der Waals surface area contributed by atoms with Crippen LogP contribution >= 0.6 is 0 Å². The maximum absolute atomic E-state index is 12.5. The second-order valence-electron chi connectivity index (χ2n) is 6.00. The Morgan fingerprint density at radius 1 is 1.04 bits per heavy atom. The molecule has 1 N–H and O–H groups in total. The smallest absolute Gasteiger partial charge is 0.243 e. The molecular formula is C21H26N2O4. The second kappa shape index (κ2) is 10.2. The fraction of sp³-hybridized carbons (Fsp3) is 0.333. The van der Waals surface area contributed by atoms with Crippen molar-refractivity contribution in [1.29, 1.82) is 0 Å². The standard InChI is InChI=1S/C21H26N2O4/c1-4-23(15-20(24)22-17-9-7-10-18(14-17)26-2)21(25)13-12-16-8-5-6-11-19(16)27-3/h5-11,14H,4,12-13,15H2,1-3H3,(H,22,24). The number of methoxy groups -OCH3 is 2. The number of benzene rings is 2. The van der Waals surface area contributed by atoms with Crippen LogP contribution in [0.5, 0.6) is 11.5 Å². The minimum Gasteiger partial charge on any atom is -0.497 e. The molecule has 2 aromatic rings. The van der Waals surface area contributed by atoms with Crippen molar-refractivity contribution in [2.75, 3.05) is 32.6 Å². The average molecular weight is 370 g/mol. The van der Waals surface area contributed by atoms with E-state index in [0.29, 0.717) is 30.8 Å². The molecule has 2 amide bonds. The van der Waals surface area contributed by atoms with E-state index in [1.54, 1.807) is 43.4 Å². The zero-order valence-electron chi connectivity index (χ0n) is 16.0. The topological polar surface area (TPSA) is 67.9 Å². The van der Waals surface area contributed by atoms with Gasteiger partial charge in [-0.1, -0.05) is 24.3 Å². The number of carbonyl (C=O) groups is 2. The van der Waals surface area contributed by atoms with E-state index < -0.39 is 0 Å². The Labute approximate surface area is 160 Å². The highest BCUT2D eigenvalue weighted by molar-refractivity contribution is 5.94. The largest absolute Gasteiger partial charge is 0.497 e. The third kappa shape index (κ3) is 6.02. The van der Waals surface area contributed by atoms with E-state index >= 15 is 0 Å². The molecule has 27 heavy (non-hydrogen) atoms. The molecule has 0 saturated carbocycles. The van der Waals surface area contributed by atoms with Crippen LogP contribution in [0.1, 0.15) is 18.9 Å². The minimum absolute atomic E-state index is 0.0124. The summed E-state index contributed by atoms with van der Waals surface area (Å²) in [6, 6.07) is 14.7. The van der Waals surface area contributed by atoms with Crippen LogP contribution in [0.15, 0.2) is 48.5 Å². The van der Waals surface area contributed by atoms with Gasteiger partial charge in [-0.15, -0.1) is 0 Å². The highest BCUT2D eigenvalue weighted by Gasteiger charge is 2.16. The van der Waals surface area contributed by atoms with E-state index in [-0.39, 0.29) is 18.4 Å². The molecular weight excluding hydrogens is 344 g/mol. The zero-order valence-corrected chi connectivity index (χ0v) is 16.0. The van der Waals surface area contributed by atoms with Gasteiger partial charge in [0.15, 0.2) is 0 Å². The molecule has 0 radical (unpaired) electrons. The number of aryl methyl sites for hydroxylation is 1. The third-order valence-electron chi connectivity index (χ3n) is 4.22. The summed E-state index contributed by atoms with van der Waals surface area (Å²) in [5, 5.41) is 2.80. The molecule has 0 aromatic heterocycles. The Balaban J connectivity index is 1.91. The van der Waals surface area contributed by atoms with Crippen molar-refractivity contribution >= 4 is 17.5 Å². The molecule has 6 nitrogen and oxygen atoms in total. The highest BCUT2D eigenvalue weighted by Crippen LogP contribution is 2.19. The molecule has 6 heteroatoms. The van der Waals surface area contributed by atoms with Gasteiger partial charge in [-0.25, -0.2) is 0 Å². The van der Waals surface area contributed by atoms with Gasteiger partial charge < -0.3 is 19.7 Å². The van der Waals surface area contributed by atoms with Gasteiger partial charge in [-0.05, 0) is 37.1 Å². The number of anilines is 1. The lowest BCUT2D eigenvalue weighted by Gasteiger charge is -2.20. The molecule has 0 atom stereocenters. The Bertz CT molecular complexity index is 776. The predicted molar refractivity (Wildman–Crippen MR) is 105 cm³/mol.